The van der Waals surface area contributed by atoms with Gasteiger partial charge in [-0.15, -0.1) is 22.7 Å². The largest absolute Gasteiger partial charge is 0.374 e. The summed E-state index contributed by atoms with van der Waals surface area (Å²) >= 11 is 3.09. The van der Waals surface area contributed by atoms with Crippen molar-refractivity contribution in [1.82, 2.24) is 0 Å². The second-order valence-electron chi connectivity index (χ2n) is 5.05. The van der Waals surface area contributed by atoms with E-state index >= 15 is 0 Å². The minimum Gasteiger partial charge on any atom is -0.374 e. The number of aliphatic imine (C=N–C) groups is 1. The summed E-state index contributed by atoms with van der Waals surface area (Å²) in [4.78, 5) is 20.2. The molecule has 0 amide bonds. The molecule has 4 rings (SSSR count). The van der Waals surface area contributed by atoms with Gasteiger partial charge in [-0.2, -0.15) is 0 Å². The highest BCUT2D eigenvalue weighted by Crippen LogP contribution is 2.43. The van der Waals surface area contributed by atoms with Crippen LogP contribution in [0.5, 0.6) is 0 Å². The average Bonchev–Trinajstić information content (AvgIpc) is 3.10. The van der Waals surface area contributed by atoms with Gasteiger partial charge in [0.25, 0.3) is 0 Å². The highest BCUT2D eigenvalue weighted by molar-refractivity contribution is 7.16. The number of ketones is 1. The lowest BCUT2D eigenvalue weighted by Crippen LogP contribution is -2.48. The number of hydrogen-bond acceptors (Lipinski definition) is 6. The molecular weight excluding hydrogens is 292 g/mol. The summed E-state index contributed by atoms with van der Waals surface area (Å²) in [5.41, 5.74) is -0.892. The van der Waals surface area contributed by atoms with Crippen LogP contribution >= 0.6 is 22.7 Å². The van der Waals surface area contributed by atoms with E-state index in [9.17, 15) is 9.90 Å². The zero-order chi connectivity index (χ0) is 13.9. The van der Waals surface area contributed by atoms with Crippen molar-refractivity contribution in [3.05, 3.63) is 34.0 Å². The van der Waals surface area contributed by atoms with Crippen LogP contribution in [0.3, 0.4) is 0 Å². The predicted octanol–water partition coefficient (Wildman–Crippen LogP) is 2.99. The molecule has 0 saturated carbocycles. The molecule has 1 fully saturated rings. The van der Waals surface area contributed by atoms with E-state index in [4.69, 9.17) is 0 Å². The zero-order valence-electron chi connectivity index (χ0n) is 10.8. The first-order valence-electron chi connectivity index (χ1n) is 6.37. The highest BCUT2D eigenvalue weighted by atomic mass is 32.1. The minimum absolute atomic E-state index is 0.207. The molecule has 102 valence electrons. The van der Waals surface area contributed by atoms with Gasteiger partial charge in [-0.05, 0) is 30.5 Å². The fourth-order valence-electron chi connectivity index (χ4n) is 2.79. The van der Waals surface area contributed by atoms with Crippen molar-refractivity contribution in [1.29, 1.82) is 0 Å². The van der Waals surface area contributed by atoms with Crippen molar-refractivity contribution in [2.24, 2.45) is 4.99 Å². The first kappa shape index (κ1) is 12.3. The van der Waals surface area contributed by atoms with E-state index in [1.807, 2.05) is 35.4 Å². The molecule has 2 aromatic heterocycles. The number of nitrogens with zero attached hydrogens (tertiary/aromatic N) is 2. The molecule has 4 heterocycles. The maximum absolute atomic E-state index is 12.6. The molecule has 0 aromatic carbocycles. The molecule has 20 heavy (non-hydrogen) atoms. The van der Waals surface area contributed by atoms with Gasteiger partial charge >= 0.3 is 0 Å². The fraction of sp³-hybridized carbons (Fsp3) is 0.286. The summed E-state index contributed by atoms with van der Waals surface area (Å²) < 4.78 is 0. The van der Waals surface area contributed by atoms with E-state index in [1.165, 1.54) is 11.3 Å². The number of aryl methyl sites for hydroxylation is 1. The number of aliphatic hydroxyl groups is 1. The molecule has 0 bridgehead atoms. The van der Waals surface area contributed by atoms with Crippen molar-refractivity contribution < 1.29 is 9.90 Å². The Labute approximate surface area is 124 Å². The second kappa shape index (κ2) is 4.00. The Morgan fingerprint density at radius 2 is 2.35 bits per heavy atom. The first-order valence-corrected chi connectivity index (χ1v) is 8.07. The van der Waals surface area contributed by atoms with E-state index in [0.717, 1.165) is 14.9 Å². The lowest BCUT2D eigenvalue weighted by atomic mass is 9.90. The van der Waals surface area contributed by atoms with Crippen LogP contribution in [0.2, 0.25) is 0 Å². The molecule has 0 spiro atoms. The molecule has 2 aromatic rings. The monoisotopic (exact) mass is 304 g/mol. The number of carbonyl (C=O) groups excluding carboxylic acids is 1. The van der Waals surface area contributed by atoms with E-state index in [-0.39, 0.29) is 5.78 Å². The average molecular weight is 304 g/mol. The highest BCUT2D eigenvalue weighted by Gasteiger charge is 2.52. The smallest absolute Gasteiger partial charge is 0.205 e. The molecule has 1 saturated heterocycles. The summed E-state index contributed by atoms with van der Waals surface area (Å²) in [6, 6.07) is 5.77. The van der Waals surface area contributed by atoms with Gasteiger partial charge in [0.1, 0.15) is 5.00 Å². The van der Waals surface area contributed by atoms with Crippen molar-refractivity contribution in [2.75, 3.05) is 11.4 Å². The van der Waals surface area contributed by atoms with Crippen LogP contribution in [0.1, 0.15) is 21.7 Å². The molecule has 4 nitrogen and oxygen atoms in total. The topological polar surface area (TPSA) is 52.9 Å². The van der Waals surface area contributed by atoms with Crippen LogP contribution in [0.4, 0.5) is 10.0 Å². The van der Waals surface area contributed by atoms with E-state index < -0.39 is 5.60 Å². The maximum atomic E-state index is 12.6. The first-order chi connectivity index (χ1) is 9.59. The second-order valence-corrected chi connectivity index (χ2v) is 7.21. The number of anilines is 1. The molecule has 2 aliphatic rings. The van der Waals surface area contributed by atoms with Gasteiger partial charge in [0.2, 0.25) is 5.78 Å². The number of amidine groups is 1. The van der Waals surface area contributed by atoms with E-state index in [1.54, 1.807) is 11.3 Å². The van der Waals surface area contributed by atoms with Crippen molar-refractivity contribution in [3.63, 3.8) is 0 Å². The van der Waals surface area contributed by atoms with Crippen LogP contribution in [0.25, 0.3) is 0 Å². The summed E-state index contributed by atoms with van der Waals surface area (Å²) in [6.07, 6.45) is 0.400. The summed E-state index contributed by atoms with van der Waals surface area (Å²) in [6.45, 7) is 2.57. The van der Waals surface area contributed by atoms with Crippen LogP contribution in [-0.2, 0) is 0 Å². The summed E-state index contributed by atoms with van der Waals surface area (Å²) in [7, 11) is 0. The quantitative estimate of drug-likeness (QED) is 0.881. The van der Waals surface area contributed by atoms with Gasteiger partial charge in [0, 0.05) is 17.8 Å². The Balaban J connectivity index is 1.89. The van der Waals surface area contributed by atoms with Crippen molar-refractivity contribution >= 4 is 44.3 Å². The molecule has 0 aliphatic carbocycles. The van der Waals surface area contributed by atoms with Crippen molar-refractivity contribution in [2.45, 2.75) is 18.9 Å². The molecule has 1 unspecified atom stereocenters. The number of Topliss-reactive ketones (excluding diaryl/α,β-unsaturated/α-hetero) is 1. The Morgan fingerprint density at radius 1 is 1.50 bits per heavy atom. The SMILES string of the molecule is Cc1cc2c(s1)N=C1N(c3cccs3)CCC1(O)C2=O. The Morgan fingerprint density at radius 3 is 3.10 bits per heavy atom. The van der Waals surface area contributed by atoms with Gasteiger partial charge < -0.3 is 10.0 Å². The number of carbonyl (C=O) groups is 1. The number of thiophene rings is 2. The molecule has 2 aliphatic heterocycles. The maximum Gasteiger partial charge on any atom is 0.205 e. The van der Waals surface area contributed by atoms with E-state index in [2.05, 4.69) is 4.99 Å². The van der Waals surface area contributed by atoms with E-state index in [0.29, 0.717) is 24.4 Å². The molecule has 1 atom stereocenters. The van der Waals surface area contributed by atoms with Gasteiger partial charge in [-0.25, -0.2) is 4.99 Å². The van der Waals surface area contributed by atoms with Crippen LogP contribution in [0.15, 0.2) is 28.6 Å². The van der Waals surface area contributed by atoms with Gasteiger partial charge in [0.15, 0.2) is 11.4 Å². The predicted molar refractivity (Wildman–Crippen MR) is 81.7 cm³/mol. The molecule has 6 heteroatoms. The van der Waals surface area contributed by atoms with Crippen LogP contribution < -0.4 is 4.90 Å². The standard InChI is InChI=1S/C14H12N2O2S2/c1-8-7-9-11(17)14(18)4-5-16(10-3-2-6-19-10)13(14)15-12(9)20-8/h2-3,6-7,18H,4-5H2,1H3. The Hall–Kier alpha value is -1.50. The fourth-order valence-corrected chi connectivity index (χ4v) is 4.42. The van der Waals surface area contributed by atoms with Gasteiger partial charge in [-0.1, -0.05) is 0 Å². The van der Waals surface area contributed by atoms with Crippen LogP contribution in [-0.4, -0.2) is 28.9 Å². The third kappa shape index (κ3) is 1.49. The Bertz CT molecular complexity index is 732. The number of fused-ring (bicyclic) bond motifs is 2. The van der Waals surface area contributed by atoms with Crippen molar-refractivity contribution in [3.8, 4) is 0 Å². The van der Waals surface area contributed by atoms with Crippen LogP contribution in [0, 0.1) is 6.92 Å². The zero-order valence-corrected chi connectivity index (χ0v) is 12.4. The lowest BCUT2D eigenvalue weighted by molar-refractivity contribution is 0.0603. The third-order valence-electron chi connectivity index (χ3n) is 3.76. The summed E-state index contributed by atoms with van der Waals surface area (Å²) in [5, 5.41) is 14.5. The summed E-state index contributed by atoms with van der Waals surface area (Å²) in [5.74, 6) is 0.278. The number of rotatable bonds is 1. The third-order valence-corrected chi connectivity index (χ3v) is 5.59. The van der Waals surface area contributed by atoms with Gasteiger partial charge in [-0.3, -0.25) is 4.79 Å². The minimum atomic E-state index is -1.45. The molecular formula is C14H12N2O2S2. The number of hydrogen-bond donors (Lipinski definition) is 1. The van der Waals surface area contributed by atoms with Gasteiger partial charge in [0.05, 0.1) is 10.6 Å². The molecule has 0 radical (unpaired) electrons. The normalized spacial score (nSPS) is 24.6. The molecule has 1 N–H and O–H groups in total. The lowest BCUT2D eigenvalue weighted by Gasteiger charge is -2.27. The Kier molecular flexibility index (Phi) is 2.45.